The number of sulfone groups is 1. The average molecular weight is 535 g/mol. The lowest BCUT2D eigenvalue weighted by atomic mass is 9.99. The largest absolute Gasteiger partial charge is 0.428 e. The molecule has 1 aromatic heterocycles. The van der Waals surface area contributed by atoms with E-state index in [-0.39, 0.29) is 22.2 Å². The summed E-state index contributed by atoms with van der Waals surface area (Å²) in [7, 11) is -2.88. The van der Waals surface area contributed by atoms with Crippen LogP contribution in [-0.4, -0.2) is 43.1 Å². The highest BCUT2D eigenvalue weighted by molar-refractivity contribution is 9.10. The molecular formula is C20H22BrF2N2O4PS. The molecule has 2 heterocycles. The fourth-order valence-corrected chi connectivity index (χ4v) is 5.15. The maximum Gasteiger partial charge on any atom is 0.408 e. The molecule has 1 aliphatic heterocycles. The molecule has 1 saturated heterocycles. The second kappa shape index (κ2) is 9.46. The number of halogens is 3. The summed E-state index contributed by atoms with van der Waals surface area (Å²) in [5.41, 5.74) is 0.300. The fourth-order valence-electron chi connectivity index (χ4n) is 3.29. The first-order chi connectivity index (χ1) is 14.4. The number of nitrogens with zero attached hydrogens (tertiary/aromatic N) is 2. The van der Waals surface area contributed by atoms with Crippen LogP contribution >= 0.6 is 25.2 Å². The van der Waals surface area contributed by atoms with Crippen LogP contribution in [0.1, 0.15) is 35.9 Å². The van der Waals surface area contributed by atoms with Crippen LogP contribution in [0.2, 0.25) is 0 Å². The number of carbonyl (C=O) groups excluding carboxylic acids is 1. The first-order valence-corrected chi connectivity index (χ1v) is 12.6. The summed E-state index contributed by atoms with van der Waals surface area (Å²) >= 11 is 3.12. The van der Waals surface area contributed by atoms with E-state index in [0.29, 0.717) is 23.5 Å². The van der Waals surface area contributed by atoms with Crippen LogP contribution in [0.5, 0.6) is 5.75 Å². The van der Waals surface area contributed by atoms with E-state index in [0.717, 1.165) is 18.9 Å². The third-order valence-electron chi connectivity index (χ3n) is 4.92. The van der Waals surface area contributed by atoms with Crippen molar-refractivity contribution >= 4 is 40.9 Å². The second-order valence-electron chi connectivity index (χ2n) is 7.50. The molecule has 0 N–H and O–H groups in total. The van der Waals surface area contributed by atoms with Crippen molar-refractivity contribution in [2.24, 2.45) is 5.92 Å². The number of likely N-dealkylation sites (tertiary alicyclic amines) is 1. The quantitative estimate of drug-likeness (QED) is 0.510. The molecule has 11 heteroatoms. The van der Waals surface area contributed by atoms with Gasteiger partial charge in [-0.1, -0.05) is 28.9 Å². The second-order valence-corrected chi connectivity index (χ2v) is 11.0. The van der Waals surface area contributed by atoms with Gasteiger partial charge in [-0.2, -0.15) is 8.78 Å². The Hall–Kier alpha value is -1.64. The lowest BCUT2D eigenvalue weighted by molar-refractivity contribution is -0.0909. The van der Waals surface area contributed by atoms with Gasteiger partial charge in [-0.25, -0.2) is 13.4 Å². The number of amides is 1. The van der Waals surface area contributed by atoms with E-state index in [9.17, 15) is 22.0 Å². The number of rotatable bonds is 6. The van der Waals surface area contributed by atoms with Crippen molar-refractivity contribution in [2.75, 3.05) is 13.1 Å². The van der Waals surface area contributed by atoms with Crippen molar-refractivity contribution in [1.29, 1.82) is 0 Å². The molecule has 0 bridgehead atoms. The number of piperidine rings is 1. The highest BCUT2D eigenvalue weighted by Crippen LogP contribution is 2.35. The molecule has 168 valence electrons. The van der Waals surface area contributed by atoms with E-state index >= 15 is 0 Å². The molecule has 1 amide bonds. The standard InChI is InChI=1S/C20H22BrF2N2O4PS/c1-13-7-9-25(10-8-13)19(26)16-4-2-3-15(24-16)12-31(27,28)18-6-5-14(21)11-17(18)29-20(22,23)30/h2-6,11,13H,7-10,12,30H2,1H3. The summed E-state index contributed by atoms with van der Waals surface area (Å²) in [5, 5.41) is 0. The van der Waals surface area contributed by atoms with Gasteiger partial charge in [0, 0.05) is 17.6 Å². The minimum Gasteiger partial charge on any atom is -0.428 e. The lowest BCUT2D eigenvalue weighted by Gasteiger charge is -2.30. The zero-order valence-corrected chi connectivity index (χ0v) is 20.3. The van der Waals surface area contributed by atoms with Gasteiger partial charge in [-0.15, -0.1) is 0 Å². The van der Waals surface area contributed by atoms with Gasteiger partial charge >= 0.3 is 5.85 Å². The molecule has 1 aromatic carbocycles. The molecule has 0 aliphatic carbocycles. The summed E-state index contributed by atoms with van der Waals surface area (Å²) in [6.07, 6.45) is 1.82. The van der Waals surface area contributed by atoms with Gasteiger partial charge in [-0.3, -0.25) is 4.79 Å². The predicted molar refractivity (Wildman–Crippen MR) is 119 cm³/mol. The molecular weight excluding hydrogens is 513 g/mol. The third kappa shape index (κ3) is 6.43. The molecule has 31 heavy (non-hydrogen) atoms. The minimum absolute atomic E-state index is 0.141. The molecule has 0 saturated carbocycles. The SMILES string of the molecule is CC1CCN(C(=O)c2cccc(CS(=O)(=O)c3ccc(Br)cc3OC(F)(F)P)n2)CC1. The smallest absolute Gasteiger partial charge is 0.408 e. The Labute approximate surface area is 190 Å². The Kier molecular flexibility index (Phi) is 7.33. The summed E-state index contributed by atoms with van der Waals surface area (Å²) in [6.45, 7) is 3.40. The summed E-state index contributed by atoms with van der Waals surface area (Å²) < 4.78 is 57.5. The number of carbonyl (C=O) groups is 1. The summed E-state index contributed by atoms with van der Waals surface area (Å²) in [6, 6.07) is 8.36. The van der Waals surface area contributed by atoms with Gasteiger partial charge < -0.3 is 9.64 Å². The molecule has 1 fully saturated rings. The molecule has 1 atom stereocenters. The van der Waals surface area contributed by atoms with Crippen LogP contribution in [0.4, 0.5) is 8.78 Å². The van der Waals surface area contributed by atoms with Gasteiger partial charge in [0.25, 0.3) is 5.91 Å². The number of ether oxygens (including phenoxy) is 1. The van der Waals surface area contributed by atoms with Crippen LogP contribution < -0.4 is 4.74 Å². The molecule has 3 rings (SSSR count). The zero-order chi connectivity index (χ0) is 22.8. The maximum atomic E-state index is 13.4. The number of benzene rings is 1. The van der Waals surface area contributed by atoms with Crippen LogP contribution in [0.3, 0.4) is 0 Å². The molecule has 1 aliphatic rings. The number of hydrogen-bond donors (Lipinski definition) is 0. The van der Waals surface area contributed by atoms with Crippen molar-refractivity contribution in [3.8, 4) is 5.75 Å². The molecule has 0 radical (unpaired) electrons. The van der Waals surface area contributed by atoms with Crippen LogP contribution in [0, 0.1) is 5.92 Å². The lowest BCUT2D eigenvalue weighted by Crippen LogP contribution is -2.38. The monoisotopic (exact) mass is 534 g/mol. The Morgan fingerprint density at radius 1 is 1.29 bits per heavy atom. The molecule has 0 spiro atoms. The van der Waals surface area contributed by atoms with Gasteiger partial charge in [-0.05, 0) is 58.3 Å². The first kappa shape index (κ1) is 24.0. The third-order valence-corrected chi connectivity index (χ3v) is 7.22. The summed E-state index contributed by atoms with van der Waals surface area (Å²) in [5.74, 6) is -4.37. The van der Waals surface area contributed by atoms with E-state index in [1.807, 2.05) is 0 Å². The fraction of sp³-hybridized carbons (Fsp3) is 0.400. The first-order valence-electron chi connectivity index (χ1n) is 9.58. The normalized spacial score (nSPS) is 15.7. The van der Waals surface area contributed by atoms with E-state index in [4.69, 9.17) is 0 Å². The van der Waals surface area contributed by atoms with Crippen molar-refractivity contribution in [2.45, 2.75) is 36.3 Å². The summed E-state index contributed by atoms with van der Waals surface area (Å²) in [4.78, 5) is 18.3. The maximum absolute atomic E-state index is 13.4. The number of aromatic nitrogens is 1. The topological polar surface area (TPSA) is 76.6 Å². The van der Waals surface area contributed by atoms with E-state index in [1.165, 1.54) is 27.4 Å². The molecule has 6 nitrogen and oxygen atoms in total. The number of hydrogen-bond acceptors (Lipinski definition) is 5. The number of pyridine rings is 1. The Morgan fingerprint density at radius 2 is 1.97 bits per heavy atom. The molecule has 1 unspecified atom stereocenters. The number of alkyl halides is 2. The van der Waals surface area contributed by atoms with Crippen LogP contribution in [0.15, 0.2) is 45.8 Å². The average Bonchev–Trinajstić information content (AvgIpc) is 2.66. The van der Waals surface area contributed by atoms with Crippen molar-refractivity contribution < 1.29 is 26.7 Å². The van der Waals surface area contributed by atoms with E-state index in [1.54, 1.807) is 17.0 Å². The predicted octanol–water partition coefficient (Wildman–Crippen LogP) is 4.49. The zero-order valence-electron chi connectivity index (χ0n) is 16.7. The van der Waals surface area contributed by atoms with Gasteiger partial charge in [0.15, 0.2) is 9.84 Å². The highest BCUT2D eigenvalue weighted by atomic mass is 79.9. The Balaban J connectivity index is 1.84. The molecule has 2 aromatic rings. The van der Waals surface area contributed by atoms with Gasteiger partial charge in [0.2, 0.25) is 0 Å². The van der Waals surface area contributed by atoms with Crippen LogP contribution in [0.25, 0.3) is 0 Å². The van der Waals surface area contributed by atoms with Gasteiger partial charge in [0.1, 0.15) is 16.3 Å². The van der Waals surface area contributed by atoms with E-state index < -0.39 is 27.2 Å². The van der Waals surface area contributed by atoms with Crippen LogP contribution in [-0.2, 0) is 15.6 Å². The Morgan fingerprint density at radius 3 is 2.61 bits per heavy atom. The van der Waals surface area contributed by atoms with Gasteiger partial charge in [0.05, 0.1) is 11.4 Å². The minimum atomic E-state index is -4.08. The van der Waals surface area contributed by atoms with Crippen molar-refractivity contribution in [3.63, 3.8) is 0 Å². The van der Waals surface area contributed by atoms with E-state index in [2.05, 4.69) is 32.6 Å². The van der Waals surface area contributed by atoms with Crippen molar-refractivity contribution in [3.05, 3.63) is 52.3 Å². The Bertz CT molecular complexity index is 1070. The van der Waals surface area contributed by atoms with Crippen molar-refractivity contribution in [1.82, 2.24) is 9.88 Å². The highest BCUT2D eigenvalue weighted by Gasteiger charge is 2.29.